The van der Waals surface area contributed by atoms with E-state index < -0.39 is 23.5 Å². The summed E-state index contributed by atoms with van der Waals surface area (Å²) >= 11 is 0. The fraction of sp³-hybridized carbons (Fsp3) is 0.318. The Kier molecular flexibility index (Phi) is 5.75. The molecule has 1 aromatic heterocycles. The van der Waals surface area contributed by atoms with Crippen LogP contribution in [0.4, 0.5) is 17.6 Å². The molecule has 2 aromatic carbocycles. The number of piperidine rings is 1. The quantitative estimate of drug-likeness (QED) is 0.544. The summed E-state index contributed by atoms with van der Waals surface area (Å²) in [6.45, 7) is 0.661. The van der Waals surface area contributed by atoms with Gasteiger partial charge in [0.1, 0.15) is 5.82 Å². The molecular formula is C22H19F4N3O2. The fourth-order valence-electron chi connectivity index (χ4n) is 3.84. The van der Waals surface area contributed by atoms with E-state index in [9.17, 15) is 22.4 Å². The van der Waals surface area contributed by atoms with Gasteiger partial charge in [-0.15, -0.1) is 0 Å². The molecule has 0 N–H and O–H groups in total. The summed E-state index contributed by atoms with van der Waals surface area (Å²) in [6.07, 6.45) is -2.83. The van der Waals surface area contributed by atoms with Gasteiger partial charge in [0.15, 0.2) is 0 Å². The Labute approximate surface area is 175 Å². The molecule has 3 aromatic rings. The van der Waals surface area contributed by atoms with Crippen LogP contribution >= 0.6 is 0 Å². The van der Waals surface area contributed by atoms with Crippen LogP contribution in [-0.4, -0.2) is 34.0 Å². The summed E-state index contributed by atoms with van der Waals surface area (Å²) in [6, 6.07) is 10.9. The van der Waals surface area contributed by atoms with Crippen molar-refractivity contribution in [1.29, 1.82) is 0 Å². The molecule has 5 nitrogen and oxygen atoms in total. The Bertz CT molecular complexity index is 1080. The van der Waals surface area contributed by atoms with Gasteiger partial charge < -0.3 is 9.42 Å². The first-order chi connectivity index (χ1) is 14.8. The van der Waals surface area contributed by atoms with E-state index in [1.165, 1.54) is 29.2 Å². The number of amides is 1. The predicted molar refractivity (Wildman–Crippen MR) is 103 cm³/mol. The minimum Gasteiger partial charge on any atom is -0.339 e. The van der Waals surface area contributed by atoms with Crippen LogP contribution < -0.4 is 0 Å². The first-order valence-corrected chi connectivity index (χ1v) is 9.86. The summed E-state index contributed by atoms with van der Waals surface area (Å²) in [7, 11) is 0. The van der Waals surface area contributed by atoms with E-state index in [1.54, 1.807) is 18.2 Å². The summed E-state index contributed by atoms with van der Waals surface area (Å²) in [5.74, 6) is -0.725. The third-order valence-corrected chi connectivity index (χ3v) is 5.32. The van der Waals surface area contributed by atoms with Gasteiger partial charge in [0, 0.05) is 19.5 Å². The Morgan fingerprint density at radius 3 is 2.65 bits per heavy atom. The molecule has 1 unspecified atom stereocenters. The fourth-order valence-corrected chi connectivity index (χ4v) is 3.84. The van der Waals surface area contributed by atoms with Crippen LogP contribution in [0, 0.1) is 11.7 Å². The van der Waals surface area contributed by atoms with Crippen LogP contribution in [0.5, 0.6) is 0 Å². The van der Waals surface area contributed by atoms with Crippen LogP contribution in [0.3, 0.4) is 0 Å². The molecule has 0 aliphatic carbocycles. The maximum absolute atomic E-state index is 13.9. The molecule has 1 fully saturated rings. The number of carbonyl (C=O) groups excluding carboxylic acids is 1. The zero-order valence-corrected chi connectivity index (χ0v) is 16.4. The lowest BCUT2D eigenvalue weighted by Gasteiger charge is -2.32. The van der Waals surface area contributed by atoms with Crippen molar-refractivity contribution in [2.75, 3.05) is 13.1 Å². The number of carbonyl (C=O) groups is 1. The molecular weight excluding hydrogens is 414 g/mol. The molecule has 0 saturated carbocycles. The average Bonchev–Trinajstić information content (AvgIpc) is 3.21. The molecule has 0 bridgehead atoms. The van der Waals surface area contributed by atoms with Crippen LogP contribution in [-0.2, 0) is 12.6 Å². The molecule has 162 valence electrons. The predicted octanol–water partition coefficient (Wildman–Crippen LogP) is 4.99. The van der Waals surface area contributed by atoms with Crippen molar-refractivity contribution in [3.05, 3.63) is 71.4 Å². The van der Waals surface area contributed by atoms with Gasteiger partial charge in [-0.3, -0.25) is 4.79 Å². The molecule has 4 rings (SSSR count). The molecule has 9 heteroatoms. The number of hydrogen-bond acceptors (Lipinski definition) is 4. The topological polar surface area (TPSA) is 59.2 Å². The van der Waals surface area contributed by atoms with Crippen LogP contribution in [0.25, 0.3) is 11.4 Å². The largest absolute Gasteiger partial charge is 0.417 e. The number of benzene rings is 2. The van der Waals surface area contributed by atoms with Gasteiger partial charge in [-0.1, -0.05) is 29.4 Å². The number of halogens is 4. The molecule has 1 saturated heterocycles. The van der Waals surface area contributed by atoms with Gasteiger partial charge in [0.25, 0.3) is 5.91 Å². The molecule has 1 atom stereocenters. The van der Waals surface area contributed by atoms with Gasteiger partial charge >= 0.3 is 6.18 Å². The standard InChI is InChI=1S/C22H19F4N3O2/c23-18-10-4-2-8-16(18)20-27-19(31-28-20)12-14-6-5-11-29(13-14)21(30)15-7-1-3-9-17(15)22(24,25)26/h1-4,7-10,14H,5-6,11-13H2. The van der Waals surface area contributed by atoms with Gasteiger partial charge in [0.05, 0.1) is 16.7 Å². The average molecular weight is 433 g/mol. The maximum atomic E-state index is 13.9. The van der Waals surface area contributed by atoms with Crippen molar-refractivity contribution in [3.8, 4) is 11.4 Å². The second-order valence-corrected chi connectivity index (χ2v) is 7.50. The Morgan fingerprint density at radius 2 is 1.87 bits per heavy atom. The smallest absolute Gasteiger partial charge is 0.339 e. The number of nitrogens with zero attached hydrogens (tertiary/aromatic N) is 3. The lowest BCUT2D eigenvalue weighted by atomic mass is 9.93. The van der Waals surface area contributed by atoms with Gasteiger partial charge in [-0.2, -0.15) is 18.2 Å². The van der Waals surface area contributed by atoms with Gasteiger partial charge in [-0.05, 0) is 43.0 Å². The Hall–Kier alpha value is -3.23. The van der Waals surface area contributed by atoms with Crippen molar-refractivity contribution >= 4 is 5.91 Å². The zero-order valence-electron chi connectivity index (χ0n) is 16.4. The number of likely N-dealkylation sites (tertiary alicyclic amines) is 1. The minimum absolute atomic E-state index is 0.0512. The second-order valence-electron chi connectivity index (χ2n) is 7.50. The highest BCUT2D eigenvalue weighted by Gasteiger charge is 2.36. The van der Waals surface area contributed by atoms with Gasteiger partial charge in [-0.25, -0.2) is 4.39 Å². The van der Waals surface area contributed by atoms with E-state index >= 15 is 0 Å². The highest BCUT2D eigenvalue weighted by molar-refractivity contribution is 5.96. The second kappa shape index (κ2) is 8.49. The molecule has 0 spiro atoms. The molecule has 1 aliphatic rings. The third-order valence-electron chi connectivity index (χ3n) is 5.32. The highest BCUT2D eigenvalue weighted by atomic mass is 19.4. The minimum atomic E-state index is -4.60. The summed E-state index contributed by atoms with van der Waals surface area (Å²) in [5, 5.41) is 3.82. The van der Waals surface area contributed by atoms with Crippen LogP contribution in [0.2, 0.25) is 0 Å². The van der Waals surface area contributed by atoms with E-state index in [1.807, 2.05) is 0 Å². The van der Waals surface area contributed by atoms with E-state index in [4.69, 9.17) is 4.52 Å². The summed E-state index contributed by atoms with van der Waals surface area (Å²) in [5.41, 5.74) is -1.06. The van der Waals surface area contributed by atoms with Crippen LogP contribution in [0.1, 0.15) is 34.7 Å². The number of alkyl halides is 3. The van der Waals surface area contributed by atoms with E-state index in [2.05, 4.69) is 10.1 Å². The van der Waals surface area contributed by atoms with Crippen molar-refractivity contribution in [2.24, 2.45) is 5.92 Å². The number of aromatic nitrogens is 2. The lowest BCUT2D eigenvalue weighted by molar-refractivity contribution is -0.138. The van der Waals surface area contributed by atoms with Crippen molar-refractivity contribution < 1.29 is 26.9 Å². The van der Waals surface area contributed by atoms with Crippen LogP contribution in [0.15, 0.2) is 53.1 Å². The molecule has 1 amide bonds. The lowest BCUT2D eigenvalue weighted by Crippen LogP contribution is -2.41. The molecule has 1 aliphatic heterocycles. The number of hydrogen-bond donors (Lipinski definition) is 0. The van der Waals surface area contributed by atoms with Crippen molar-refractivity contribution in [1.82, 2.24) is 15.0 Å². The zero-order chi connectivity index (χ0) is 22.0. The normalized spacial score (nSPS) is 17.0. The number of rotatable bonds is 4. The highest BCUT2D eigenvalue weighted by Crippen LogP contribution is 2.33. The van der Waals surface area contributed by atoms with Crippen molar-refractivity contribution in [3.63, 3.8) is 0 Å². The first-order valence-electron chi connectivity index (χ1n) is 9.86. The van der Waals surface area contributed by atoms with E-state index in [0.29, 0.717) is 25.3 Å². The maximum Gasteiger partial charge on any atom is 0.417 e. The third kappa shape index (κ3) is 4.60. The van der Waals surface area contributed by atoms with Crippen molar-refractivity contribution in [2.45, 2.75) is 25.4 Å². The van der Waals surface area contributed by atoms with E-state index in [-0.39, 0.29) is 29.4 Å². The summed E-state index contributed by atoms with van der Waals surface area (Å²) in [4.78, 5) is 18.5. The SMILES string of the molecule is O=C(c1ccccc1C(F)(F)F)N1CCCC(Cc2nc(-c3ccccc3F)no2)C1. The monoisotopic (exact) mass is 433 g/mol. The van der Waals surface area contributed by atoms with E-state index in [0.717, 1.165) is 12.5 Å². The van der Waals surface area contributed by atoms with Gasteiger partial charge in [0.2, 0.25) is 11.7 Å². The first kappa shape index (κ1) is 21.0. The summed E-state index contributed by atoms with van der Waals surface area (Å²) < 4.78 is 59.0. The molecule has 31 heavy (non-hydrogen) atoms. The Balaban J connectivity index is 1.47. The Morgan fingerprint density at radius 1 is 1.13 bits per heavy atom. The molecule has 0 radical (unpaired) electrons. The molecule has 2 heterocycles.